The van der Waals surface area contributed by atoms with Crippen LogP contribution in [0.4, 0.5) is 4.39 Å². The van der Waals surface area contributed by atoms with Crippen molar-refractivity contribution < 1.29 is 9.50 Å². The Labute approximate surface area is 130 Å². The maximum absolute atomic E-state index is 14.3. The number of benzene rings is 1. The average Bonchev–Trinajstić information content (AvgIpc) is 3.03. The minimum absolute atomic E-state index is 0.00199. The van der Waals surface area contributed by atoms with Gasteiger partial charge in [-0.25, -0.2) is 9.37 Å². The van der Waals surface area contributed by atoms with E-state index in [2.05, 4.69) is 24.9 Å². The zero-order chi connectivity index (χ0) is 15.9. The lowest BCUT2D eigenvalue weighted by Gasteiger charge is -2.24. The normalized spacial score (nSPS) is 16.9. The quantitative estimate of drug-likeness (QED) is 0.930. The van der Waals surface area contributed by atoms with Crippen molar-refractivity contribution in [2.24, 2.45) is 5.41 Å². The van der Waals surface area contributed by atoms with Crippen molar-refractivity contribution in [2.45, 2.75) is 40.2 Å². The molecule has 0 fully saturated rings. The molecule has 4 heteroatoms. The van der Waals surface area contributed by atoms with Crippen LogP contribution in [0.25, 0.3) is 11.3 Å². The lowest BCUT2D eigenvalue weighted by atomic mass is 9.83. The van der Waals surface area contributed by atoms with Crippen LogP contribution in [0.5, 0.6) is 0 Å². The summed E-state index contributed by atoms with van der Waals surface area (Å²) in [4.78, 5) is 4.30. The van der Waals surface area contributed by atoms with Crippen molar-refractivity contribution in [3.63, 3.8) is 0 Å². The minimum Gasteiger partial charge on any atom is -0.390 e. The van der Waals surface area contributed by atoms with Crippen LogP contribution >= 0.6 is 0 Å². The Morgan fingerprint density at radius 3 is 2.77 bits per heavy atom. The summed E-state index contributed by atoms with van der Waals surface area (Å²) >= 11 is 0. The molecular formula is C18H21FN2O. The number of allylic oxidation sites excluding steroid dienone is 2. The fourth-order valence-electron chi connectivity index (χ4n) is 3.18. The largest absolute Gasteiger partial charge is 0.390 e. The molecule has 3 rings (SSSR count). The van der Waals surface area contributed by atoms with Gasteiger partial charge in [-0.05, 0) is 48.4 Å². The van der Waals surface area contributed by atoms with Gasteiger partial charge in [-0.2, -0.15) is 0 Å². The molecule has 1 N–H and O–H groups in total. The fourth-order valence-corrected chi connectivity index (χ4v) is 3.18. The van der Waals surface area contributed by atoms with Gasteiger partial charge < -0.3 is 5.11 Å². The van der Waals surface area contributed by atoms with Crippen molar-refractivity contribution in [3.05, 3.63) is 53.4 Å². The number of hydrogen-bond donors (Lipinski definition) is 1. The second-order valence-corrected chi connectivity index (χ2v) is 6.56. The molecule has 0 saturated heterocycles. The van der Waals surface area contributed by atoms with Gasteiger partial charge in [0, 0.05) is 0 Å². The minimum atomic E-state index is -0.287. The van der Waals surface area contributed by atoms with Crippen LogP contribution in [0, 0.1) is 18.2 Å². The second-order valence-electron chi connectivity index (χ2n) is 6.56. The highest BCUT2D eigenvalue weighted by atomic mass is 19.1. The molecular weight excluding hydrogens is 279 g/mol. The summed E-state index contributed by atoms with van der Waals surface area (Å²) in [6.07, 6.45) is 5.83. The first-order chi connectivity index (χ1) is 10.4. The number of aryl methyl sites for hydroxylation is 1. The monoisotopic (exact) mass is 300 g/mol. The molecule has 22 heavy (non-hydrogen) atoms. The predicted molar refractivity (Wildman–Crippen MR) is 85.2 cm³/mol. The smallest absolute Gasteiger partial charge is 0.147 e. The summed E-state index contributed by atoms with van der Waals surface area (Å²) in [6, 6.07) is 5.03. The van der Waals surface area contributed by atoms with Crippen LogP contribution in [0.3, 0.4) is 0 Å². The zero-order valence-corrected chi connectivity index (χ0v) is 13.2. The third-order valence-corrected chi connectivity index (χ3v) is 4.46. The summed E-state index contributed by atoms with van der Waals surface area (Å²) in [5, 5.41) is 9.64. The van der Waals surface area contributed by atoms with E-state index in [9.17, 15) is 9.50 Å². The standard InChI is InChI=1S/C18H21FN2O/c1-12-6-7-14(19)16(9-12)21-11-20-15(10-22)17(21)13-5-4-8-18(13,2)3/h5-7,9,11,22H,4,8,10H2,1-3H3. The molecule has 3 nitrogen and oxygen atoms in total. The number of aromatic nitrogens is 2. The van der Waals surface area contributed by atoms with E-state index in [1.807, 2.05) is 13.0 Å². The van der Waals surface area contributed by atoms with Crippen molar-refractivity contribution in [1.29, 1.82) is 0 Å². The molecule has 0 saturated carbocycles. The van der Waals surface area contributed by atoms with Gasteiger partial charge in [0.25, 0.3) is 0 Å². The maximum Gasteiger partial charge on any atom is 0.147 e. The number of rotatable bonds is 3. The van der Waals surface area contributed by atoms with E-state index in [1.54, 1.807) is 17.0 Å². The van der Waals surface area contributed by atoms with Gasteiger partial charge in [-0.3, -0.25) is 4.57 Å². The molecule has 1 aromatic heterocycles. The SMILES string of the molecule is Cc1ccc(F)c(-n2cnc(CO)c2C2=CCCC2(C)C)c1. The van der Waals surface area contributed by atoms with Crippen LogP contribution in [0.1, 0.15) is 43.6 Å². The number of aliphatic hydroxyl groups is 1. The summed E-state index contributed by atoms with van der Waals surface area (Å²) in [7, 11) is 0. The molecule has 0 bridgehead atoms. The summed E-state index contributed by atoms with van der Waals surface area (Å²) < 4.78 is 16.1. The van der Waals surface area contributed by atoms with Gasteiger partial charge in [0.2, 0.25) is 0 Å². The number of hydrogen-bond acceptors (Lipinski definition) is 2. The number of nitrogens with zero attached hydrogens (tertiary/aromatic N) is 2. The van der Waals surface area contributed by atoms with Gasteiger partial charge in [-0.1, -0.05) is 26.0 Å². The molecule has 0 spiro atoms. The van der Waals surface area contributed by atoms with Gasteiger partial charge >= 0.3 is 0 Å². The van der Waals surface area contributed by atoms with E-state index < -0.39 is 0 Å². The Kier molecular flexibility index (Phi) is 3.65. The van der Waals surface area contributed by atoms with Gasteiger partial charge in [-0.15, -0.1) is 0 Å². The van der Waals surface area contributed by atoms with Gasteiger partial charge in [0.1, 0.15) is 12.1 Å². The van der Waals surface area contributed by atoms with Crippen LogP contribution in [-0.2, 0) is 6.61 Å². The fraction of sp³-hybridized carbons (Fsp3) is 0.389. The van der Waals surface area contributed by atoms with E-state index in [0.717, 1.165) is 29.7 Å². The third kappa shape index (κ3) is 2.37. The van der Waals surface area contributed by atoms with Gasteiger partial charge in [0.05, 0.1) is 23.7 Å². The summed E-state index contributed by atoms with van der Waals surface area (Å²) in [5.41, 5.74) is 4.03. The van der Waals surface area contributed by atoms with Crippen molar-refractivity contribution >= 4 is 5.57 Å². The predicted octanol–water partition coefficient (Wildman–Crippen LogP) is 4.02. The Morgan fingerprint density at radius 2 is 2.14 bits per heavy atom. The molecule has 0 radical (unpaired) electrons. The third-order valence-electron chi connectivity index (χ3n) is 4.46. The Balaban J connectivity index is 2.22. The first kappa shape index (κ1) is 15.0. The van der Waals surface area contributed by atoms with Crippen molar-refractivity contribution in [2.75, 3.05) is 0 Å². The van der Waals surface area contributed by atoms with E-state index >= 15 is 0 Å². The van der Waals surface area contributed by atoms with E-state index in [-0.39, 0.29) is 17.8 Å². The molecule has 1 aromatic carbocycles. The number of aliphatic hydroxyl groups excluding tert-OH is 1. The molecule has 0 unspecified atom stereocenters. The highest BCUT2D eigenvalue weighted by Crippen LogP contribution is 2.45. The van der Waals surface area contributed by atoms with Gasteiger partial charge in [0.15, 0.2) is 0 Å². The van der Waals surface area contributed by atoms with Crippen LogP contribution in [0.15, 0.2) is 30.6 Å². The lowest BCUT2D eigenvalue weighted by molar-refractivity contribution is 0.276. The highest BCUT2D eigenvalue weighted by Gasteiger charge is 2.32. The first-order valence-corrected chi connectivity index (χ1v) is 7.58. The Bertz CT molecular complexity index is 744. The maximum atomic E-state index is 14.3. The number of imidazole rings is 1. The lowest BCUT2D eigenvalue weighted by Crippen LogP contribution is -2.14. The summed E-state index contributed by atoms with van der Waals surface area (Å²) in [6.45, 7) is 6.14. The molecule has 1 aliphatic carbocycles. The second kappa shape index (κ2) is 5.36. The topological polar surface area (TPSA) is 38.0 Å². The van der Waals surface area contributed by atoms with Crippen LogP contribution < -0.4 is 0 Å². The summed E-state index contributed by atoms with van der Waals surface area (Å²) in [5.74, 6) is -0.287. The Morgan fingerprint density at radius 1 is 1.36 bits per heavy atom. The van der Waals surface area contributed by atoms with Crippen molar-refractivity contribution in [1.82, 2.24) is 9.55 Å². The van der Waals surface area contributed by atoms with E-state index in [4.69, 9.17) is 0 Å². The van der Waals surface area contributed by atoms with Crippen molar-refractivity contribution in [3.8, 4) is 5.69 Å². The molecule has 1 aliphatic rings. The van der Waals surface area contributed by atoms with Crippen LogP contribution in [0.2, 0.25) is 0 Å². The Hall–Kier alpha value is -1.94. The van der Waals surface area contributed by atoms with E-state index in [1.165, 1.54) is 6.07 Å². The highest BCUT2D eigenvalue weighted by molar-refractivity contribution is 5.72. The molecule has 2 aromatic rings. The zero-order valence-electron chi connectivity index (χ0n) is 13.2. The number of halogens is 1. The molecule has 0 aliphatic heterocycles. The molecule has 1 heterocycles. The average molecular weight is 300 g/mol. The first-order valence-electron chi connectivity index (χ1n) is 7.58. The molecule has 0 atom stereocenters. The van der Waals surface area contributed by atoms with E-state index in [0.29, 0.717) is 11.4 Å². The van der Waals surface area contributed by atoms with Crippen LogP contribution in [-0.4, -0.2) is 14.7 Å². The molecule has 116 valence electrons. The molecule has 0 amide bonds.